The fourth-order valence-corrected chi connectivity index (χ4v) is 3.08. The maximum Gasteiger partial charge on any atom is 0.317 e. The fourth-order valence-electron chi connectivity index (χ4n) is 3.08. The molecule has 0 spiro atoms. The number of nitrogens with zero attached hydrogens (tertiary/aromatic N) is 3. The first-order valence-electron chi connectivity index (χ1n) is 7.05. The van der Waals surface area contributed by atoms with E-state index in [0.717, 1.165) is 30.0 Å². The molecule has 112 valence electrons. The van der Waals surface area contributed by atoms with Crippen LogP contribution in [-0.2, 0) is 18.4 Å². The Labute approximate surface area is 119 Å². The number of rotatable bonds is 6. The van der Waals surface area contributed by atoms with Crippen LogP contribution >= 0.6 is 0 Å². The average Bonchev–Trinajstić information content (AvgIpc) is 2.97. The average molecular weight is 281 g/mol. The fraction of sp³-hybridized carbons (Fsp3) is 0.714. The molecule has 0 saturated heterocycles. The van der Waals surface area contributed by atoms with Gasteiger partial charge < -0.3 is 9.84 Å². The second-order valence-electron chi connectivity index (χ2n) is 5.43. The number of hydrogen-bond donors (Lipinski definition) is 1. The van der Waals surface area contributed by atoms with Gasteiger partial charge in [-0.3, -0.25) is 9.69 Å². The second-order valence-corrected chi connectivity index (χ2v) is 5.43. The highest BCUT2D eigenvalue weighted by Crippen LogP contribution is 2.28. The lowest BCUT2D eigenvalue weighted by molar-refractivity contribution is -0.139. The summed E-state index contributed by atoms with van der Waals surface area (Å²) in [5, 5.41) is 13.5. The first kappa shape index (κ1) is 14.8. The van der Waals surface area contributed by atoms with Crippen molar-refractivity contribution in [3.05, 3.63) is 11.3 Å². The molecule has 0 radical (unpaired) electrons. The van der Waals surface area contributed by atoms with Gasteiger partial charge >= 0.3 is 5.97 Å². The second kappa shape index (κ2) is 6.26. The van der Waals surface area contributed by atoms with Crippen molar-refractivity contribution in [1.82, 2.24) is 14.7 Å². The molecule has 0 bridgehead atoms. The highest BCUT2D eigenvalue weighted by atomic mass is 16.5. The predicted molar refractivity (Wildman–Crippen MR) is 74.8 cm³/mol. The molecule has 1 heterocycles. The summed E-state index contributed by atoms with van der Waals surface area (Å²) in [6, 6.07) is 0.357. The van der Waals surface area contributed by atoms with E-state index >= 15 is 0 Å². The molecule has 0 unspecified atom stereocenters. The highest BCUT2D eigenvalue weighted by Gasteiger charge is 2.27. The van der Waals surface area contributed by atoms with Gasteiger partial charge in [-0.25, -0.2) is 4.68 Å². The molecule has 0 amide bonds. The summed E-state index contributed by atoms with van der Waals surface area (Å²) >= 11 is 0. The largest absolute Gasteiger partial charge is 0.481 e. The van der Waals surface area contributed by atoms with Crippen LogP contribution in [-0.4, -0.2) is 45.5 Å². The molecule has 20 heavy (non-hydrogen) atoms. The lowest BCUT2D eigenvalue weighted by atomic mass is 10.1. The summed E-state index contributed by atoms with van der Waals surface area (Å²) in [7, 11) is 3.46. The number of aromatic nitrogens is 2. The van der Waals surface area contributed by atoms with Gasteiger partial charge in [-0.2, -0.15) is 5.10 Å². The van der Waals surface area contributed by atoms with Crippen molar-refractivity contribution in [3.8, 4) is 5.88 Å². The number of hydrogen-bond acceptors (Lipinski definition) is 4. The highest BCUT2D eigenvalue weighted by molar-refractivity contribution is 5.69. The van der Waals surface area contributed by atoms with E-state index in [9.17, 15) is 4.79 Å². The summed E-state index contributed by atoms with van der Waals surface area (Å²) in [5.74, 6) is -0.0618. The van der Waals surface area contributed by atoms with Gasteiger partial charge in [0.05, 0.1) is 24.9 Å². The molecule has 1 N–H and O–H groups in total. The Morgan fingerprint density at radius 3 is 2.70 bits per heavy atom. The predicted octanol–water partition coefficient (Wildman–Crippen LogP) is 1.57. The first-order valence-corrected chi connectivity index (χ1v) is 7.05. The van der Waals surface area contributed by atoms with Crippen molar-refractivity contribution in [3.63, 3.8) is 0 Å². The van der Waals surface area contributed by atoms with Crippen LogP contribution in [0.3, 0.4) is 0 Å². The summed E-state index contributed by atoms with van der Waals surface area (Å²) in [5.41, 5.74) is 1.89. The number of aliphatic carboxylic acids is 1. The number of carboxylic acid groups (broad SMARTS) is 1. The maximum absolute atomic E-state index is 11.1. The van der Waals surface area contributed by atoms with E-state index in [1.165, 1.54) is 12.8 Å². The van der Waals surface area contributed by atoms with Crippen LogP contribution in [0.25, 0.3) is 0 Å². The molecule has 1 aromatic heterocycles. The summed E-state index contributed by atoms with van der Waals surface area (Å²) in [6.45, 7) is 2.59. The lowest BCUT2D eigenvalue weighted by Gasteiger charge is -2.27. The zero-order chi connectivity index (χ0) is 14.7. The smallest absolute Gasteiger partial charge is 0.317 e. The normalized spacial score (nSPS) is 16.0. The Kier molecular flexibility index (Phi) is 4.65. The van der Waals surface area contributed by atoms with Crippen molar-refractivity contribution in [1.29, 1.82) is 0 Å². The van der Waals surface area contributed by atoms with Crippen molar-refractivity contribution in [2.45, 2.75) is 45.2 Å². The van der Waals surface area contributed by atoms with Gasteiger partial charge in [-0.1, -0.05) is 12.8 Å². The summed E-state index contributed by atoms with van der Waals surface area (Å²) in [4.78, 5) is 13.2. The van der Waals surface area contributed by atoms with Gasteiger partial charge in [0.15, 0.2) is 0 Å². The van der Waals surface area contributed by atoms with Crippen LogP contribution < -0.4 is 4.74 Å². The van der Waals surface area contributed by atoms with Crippen molar-refractivity contribution < 1.29 is 14.6 Å². The summed E-state index contributed by atoms with van der Waals surface area (Å²) < 4.78 is 7.10. The molecule has 1 fully saturated rings. The van der Waals surface area contributed by atoms with Crippen molar-refractivity contribution in [2.24, 2.45) is 7.05 Å². The van der Waals surface area contributed by atoms with E-state index in [4.69, 9.17) is 9.84 Å². The number of aryl methyl sites for hydroxylation is 2. The minimum Gasteiger partial charge on any atom is -0.481 e. The van der Waals surface area contributed by atoms with Gasteiger partial charge in [0.2, 0.25) is 5.88 Å². The van der Waals surface area contributed by atoms with E-state index in [2.05, 4.69) is 5.10 Å². The minimum absolute atomic E-state index is 0.0716. The Hall–Kier alpha value is -1.56. The molecule has 1 aliphatic carbocycles. The van der Waals surface area contributed by atoms with E-state index in [1.807, 2.05) is 18.9 Å². The molecule has 0 atom stereocenters. The van der Waals surface area contributed by atoms with Crippen LogP contribution in [0.4, 0.5) is 0 Å². The van der Waals surface area contributed by atoms with Crippen LogP contribution in [0, 0.1) is 6.92 Å². The molecule has 1 aliphatic rings. The third-order valence-corrected chi connectivity index (χ3v) is 4.02. The molecule has 0 aromatic carbocycles. The molecule has 6 heteroatoms. The van der Waals surface area contributed by atoms with Gasteiger partial charge in [0.25, 0.3) is 0 Å². The Bertz CT molecular complexity index is 478. The van der Waals surface area contributed by atoms with E-state index < -0.39 is 5.97 Å². The summed E-state index contributed by atoms with van der Waals surface area (Å²) in [6.07, 6.45) is 4.53. The monoisotopic (exact) mass is 281 g/mol. The lowest BCUT2D eigenvalue weighted by Crippen LogP contribution is -2.37. The minimum atomic E-state index is -0.780. The Balaban J connectivity index is 2.20. The van der Waals surface area contributed by atoms with Gasteiger partial charge in [0, 0.05) is 19.6 Å². The van der Waals surface area contributed by atoms with Crippen LogP contribution in [0.1, 0.15) is 36.9 Å². The Morgan fingerprint density at radius 1 is 1.50 bits per heavy atom. The third-order valence-electron chi connectivity index (χ3n) is 4.02. The maximum atomic E-state index is 11.1. The van der Waals surface area contributed by atoms with E-state index in [0.29, 0.717) is 12.6 Å². The SMILES string of the molecule is COc1c(CN(CC(=O)O)C2CCCC2)c(C)nn1C. The quantitative estimate of drug-likeness (QED) is 0.857. The third kappa shape index (κ3) is 3.12. The zero-order valence-electron chi connectivity index (χ0n) is 12.4. The molecule has 0 aliphatic heterocycles. The first-order chi connectivity index (χ1) is 9.52. The molecular formula is C14H23N3O3. The van der Waals surface area contributed by atoms with Crippen LogP contribution in [0.5, 0.6) is 5.88 Å². The molecule has 2 rings (SSSR count). The number of ether oxygens (including phenoxy) is 1. The molecular weight excluding hydrogens is 258 g/mol. The topological polar surface area (TPSA) is 67.6 Å². The van der Waals surface area contributed by atoms with Crippen LogP contribution in [0.2, 0.25) is 0 Å². The van der Waals surface area contributed by atoms with Gasteiger partial charge in [0.1, 0.15) is 0 Å². The zero-order valence-corrected chi connectivity index (χ0v) is 12.4. The Morgan fingerprint density at radius 2 is 2.15 bits per heavy atom. The van der Waals surface area contributed by atoms with E-state index in [1.54, 1.807) is 11.8 Å². The molecule has 6 nitrogen and oxygen atoms in total. The van der Waals surface area contributed by atoms with E-state index in [-0.39, 0.29) is 6.54 Å². The standard InChI is InChI=1S/C14H23N3O3/c1-10-12(14(20-3)16(2)15-10)8-17(9-13(18)19)11-6-4-5-7-11/h11H,4-9H2,1-3H3,(H,18,19). The number of methoxy groups -OCH3 is 1. The van der Waals surface area contributed by atoms with Crippen molar-refractivity contribution >= 4 is 5.97 Å². The molecule has 1 saturated carbocycles. The van der Waals surface area contributed by atoms with Crippen LogP contribution in [0.15, 0.2) is 0 Å². The van der Waals surface area contributed by atoms with Gasteiger partial charge in [-0.15, -0.1) is 0 Å². The van der Waals surface area contributed by atoms with Crippen molar-refractivity contribution in [2.75, 3.05) is 13.7 Å². The number of carboxylic acids is 1. The number of carbonyl (C=O) groups is 1. The van der Waals surface area contributed by atoms with Gasteiger partial charge in [-0.05, 0) is 19.8 Å². The molecule has 1 aromatic rings.